The predicted molar refractivity (Wildman–Crippen MR) is 65.6 cm³/mol. The van der Waals surface area contributed by atoms with Gasteiger partial charge in [0.1, 0.15) is 11.5 Å². The van der Waals surface area contributed by atoms with Crippen LogP contribution >= 0.6 is 15.9 Å². The number of alkyl halides is 3. The van der Waals surface area contributed by atoms with Crippen molar-refractivity contribution in [3.8, 4) is 5.75 Å². The number of benzene rings is 1. The molecule has 1 heterocycles. The van der Waals surface area contributed by atoms with Gasteiger partial charge in [-0.05, 0) is 45.8 Å². The largest absolute Gasteiger partial charge is 0.573 e. The summed E-state index contributed by atoms with van der Waals surface area (Å²) in [5.41, 5.74) is 6.55. The van der Waals surface area contributed by atoms with E-state index in [1.165, 1.54) is 24.3 Å². The summed E-state index contributed by atoms with van der Waals surface area (Å²) in [5, 5.41) is 0. The maximum atomic E-state index is 12.0. The first kappa shape index (κ1) is 14.0. The smallest absolute Gasteiger partial charge is 0.452 e. The van der Waals surface area contributed by atoms with Crippen molar-refractivity contribution in [1.82, 2.24) is 0 Å². The summed E-state index contributed by atoms with van der Waals surface area (Å²) < 4.78 is 45.6. The Morgan fingerprint density at radius 3 is 2.21 bits per heavy atom. The summed E-state index contributed by atoms with van der Waals surface area (Å²) in [4.78, 5) is 0. The standard InChI is InChI=1S/C12H9BrF3NO2/c13-10-6-5-9(18-10)11(17)7-1-3-8(4-2-7)19-12(14,15)16/h1-6,11H,17H2/t11-/m1/s1. The highest BCUT2D eigenvalue weighted by Gasteiger charge is 2.31. The van der Waals surface area contributed by atoms with Crippen LogP contribution in [0.1, 0.15) is 17.4 Å². The monoisotopic (exact) mass is 335 g/mol. The van der Waals surface area contributed by atoms with E-state index in [0.29, 0.717) is 16.0 Å². The molecule has 19 heavy (non-hydrogen) atoms. The van der Waals surface area contributed by atoms with Crippen LogP contribution in [0.4, 0.5) is 13.2 Å². The Hall–Kier alpha value is -1.47. The van der Waals surface area contributed by atoms with Crippen LogP contribution in [0.2, 0.25) is 0 Å². The zero-order valence-corrected chi connectivity index (χ0v) is 11.0. The van der Waals surface area contributed by atoms with Crippen molar-refractivity contribution in [2.75, 3.05) is 0 Å². The Labute approximate surface area is 115 Å². The molecular formula is C12H9BrF3NO2. The molecule has 3 nitrogen and oxygen atoms in total. The first-order valence-corrected chi connectivity index (χ1v) is 6.01. The quantitative estimate of drug-likeness (QED) is 0.922. The fourth-order valence-electron chi connectivity index (χ4n) is 1.54. The Kier molecular flexibility index (Phi) is 3.86. The molecule has 1 atom stereocenters. The molecule has 102 valence electrons. The van der Waals surface area contributed by atoms with E-state index < -0.39 is 12.4 Å². The van der Waals surface area contributed by atoms with Crippen LogP contribution in [-0.4, -0.2) is 6.36 Å². The lowest BCUT2D eigenvalue weighted by Crippen LogP contribution is -2.17. The van der Waals surface area contributed by atoms with Gasteiger partial charge in [0.15, 0.2) is 4.67 Å². The molecule has 0 saturated carbocycles. The highest BCUT2D eigenvalue weighted by molar-refractivity contribution is 9.10. The molecule has 2 N–H and O–H groups in total. The highest BCUT2D eigenvalue weighted by Crippen LogP contribution is 2.27. The van der Waals surface area contributed by atoms with Crippen molar-refractivity contribution in [3.63, 3.8) is 0 Å². The summed E-state index contributed by atoms with van der Waals surface area (Å²) in [5.74, 6) is 0.223. The van der Waals surface area contributed by atoms with E-state index in [2.05, 4.69) is 20.7 Å². The van der Waals surface area contributed by atoms with Crippen LogP contribution in [0.15, 0.2) is 45.5 Å². The lowest BCUT2D eigenvalue weighted by atomic mass is 10.1. The van der Waals surface area contributed by atoms with Gasteiger partial charge in [0, 0.05) is 0 Å². The third-order valence-corrected chi connectivity index (χ3v) is 2.80. The van der Waals surface area contributed by atoms with Gasteiger partial charge in [-0.2, -0.15) is 0 Å². The van der Waals surface area contributed by atoms with Gasteiger partial charge < -0.3 is 14.9 Å². The SMILES string of the molecule is N[C@H](c1ccc(OC(F)(F)F)cc1)c1ccc(Br)o1. The summed E-state index contributed by atoms with van der Waals surface area (Å²) >= 11 is 3.15. The minimum atomic E-state index is -4.70. The van der Waals surface area contributed by atoms with Crippen molar-refractivity contribution in [2.24, 2.45) is 5.73 Å². The van der Waals surface area contributed by atoms with Gasteiger partial charge in [-0.15, -0.1) is 13.2 Å². The minimum Gasteiger partial charge on any atom is -0.452 e. The van der Waals surface area contributed by atoms with Gasteiger partial charge in [0.2, 0.25) is 0 Å². The molecule has 0 bridgehead atoms. The number of nitrogens with two attached hydrogens (primary N) is 1. The van der Waals surface area contributed by atoms with Crippen molar-refractivity contribution < 1.29 is 22.3 Å². The van der Waals surface area contributed by atoms with Crippen molar-refractivity contribution in [2.45, 2.75) is 12.4 Å². The number of halogens is 4. The van der Waals surface area contributed by atoms with Crippen molar-refractivity contribution in [3.05, 3.63) is 52.4 Å². The summed E-state index contributed by atoms with van der Waals surface area (Å²) in [6, 6.07) is 8.17. The normalized spacial score (nSPS) is 13.3. The van der Waals surface area contributed by atoms with Crippen LogP contribution in [0.3, 0.4) is 0 Å². The Morgan fingerprint density at radius 2 is 1.74 bits per heavy atom. The lowest BCUT2D eigenvalue weighted by Gasteiger charge is -2.12. The predicted octanol–water partition coefficient (Wildman–Crippen LogP) is 3.99. The molecule has 0 aliphatic heterocycles. The molecule has 1 aromatic heterocycles. The molecule has 2 aromatic rings. The molecule has 7 heteroatoms. The topological polar surface area (TPSA) is 48.4 Å². The molecule has 0 aliphatic rings. The second-order valence-corrected chi connectivity index (χ2v) is 4.52. The van der Waals surface area contributed by atoms with Crippen LogP contribution in [0.25, 0.3) is 0 Å². The van der Waals surface area contributed by atoms with Crippen LogP contribution in [0, 0.1) is 0 Å². The first-order valence-electron chi connectivity index (χ1n) is 5.22. The van der Waals surface area contributed by atoms with Crippen molar-refractivity contribution in [1.29, 1.82) is 0 Å². The van der Waals surface area contributed by atoms with Gasteiger partial charge in [-0.1, -0.05) is 12.1 Å². The summed E-state index contributed by atoms with van der Waals surface area (Å²) in [7, 11) is 0. The van der Waals surface area contributed by atoms with Gasteiger partial charge in [0.05, 0.1) is 6.04 Å². The van der Waals surface area contributed by atoms with E-state index in [-0.39, 0.29) is 5.75 Å². The average molecular weight is 336 g/mol. The number of hydrogen-bond acceptors (Lipinski definition) is 3. The molecule has 1 aromatic carbocycles. The average Bonchev–Trinajstić information content (AvgIpc) is 2.74. The van der Waals surface area contributed by atoms with E-state index >= 15 is 0 Å². The molecule has 0 radical (unpaired) electrons. The molecule has 0 spiro atoms. The lowest BCUT2D eigenvalue weighted by molar-refractivity contribution is -0.274. The molecule has 0 unspecified atom stereocenters. The van der Waals surface area contributed by atoms with Crippen LogP contribution < -0.4 is 10.5 Å². The van der Waals surface area contributed by atoms with E-state index in [1.54, 1.807) is 12.1 Å². The fraction of sp³-hybridized carbons (Fsp3) is 0.167. The Balaban J connectivity index is 2.14. The first-order chi connectivity index (χ1) is 8.85. The number of rotatable bonds is 3. The molecule has 0 aliphatic carbocycles. The fourth-order valence-corrected chi connectivity index (χ4v) is 1.86. The third kappa shape index (κ3) is 3.74. The summed E-state index contributed by atoms with van der Waals surface area (Å²) in [6.45, 7) is 0. The minimum absolute atomic E-state index is 0.288. The zero-order valence-electron chi connectivity index (χ0n) is 9.45. The molecule has 0 fully saturated rings. The number of hydrogen-bond donors (Lipinski definition) is 1. The van der Waals surface area contributed by atoms with Crippen LogP contribution in [0.5, 0.6) is 5.75 Å². The van der Waals surface area contributed by atoms with Gasteiger partial charge in [-0.3, -0.25) is 0 Å². The molecule has 0 saturated heterocycles. The van der Waals surface area contributed by atoms with Gasteiger partial charge in [0.25, 0.3) is 0 Å². The second kappa shape index (κ2) is 5.26. The van der Waals surface area contributed by atoms with E-state index in [1.807, 2.05) is 0 Å². The third-order valence-electron chi connectivity index (χ3n) is 2.37. The highest BCUT2D eigenvalue weighted by atomic mass is 79.9. The number of furan rings is 1. The molecule has 0 amide bonds. The maximum absolute atomic E-state index is 12.0. The Morgan fingerprint density at radius 1 is 1.11 bits per heavy atom. The van der Waals surface area contributed by atoms with Crippen LogP contribution in [-0.2, 0) is 0 Å². The summed E-state index contributed by atoms with van der Waals surface area (Å²) in [6.07, 6.45) is -4.70. The van der Waals surface area contributed by atoms with E-state index in [9.17, 15) is 13.2 Å². The van der Waals surface area contributed by atoms with Gasteiger partial charge in [-0.25, -0.2) is 0 Å². The van der Waals surface area contributed by atoms with Gasteiger partial charge >= 0.3 is 6.36 Å². The van der Waals surface area contributed by atoms with E-state index in [4.69, 9.17) is 10.2 Å². The second-order valence-electron chi connectivity index (χ2n) is 3.74. The zero-order chi connectivity index (χ0) is 14.0. The number of ether oxygens (including phenoxy) is 1. The molecule has 2 rings (SSSR count). The maximum Gasteiger partial charge on any atom is 0.573 e. The Bertz CT molecular complexity index is 551. The molecular weight excluding hydrogens is 327 g/mol. The van der Waals surface area contributed by atoms with Crippen molar-refractivity contribution >= 4 is 15.9 Å². The van der Waals surface area contributed by atoms with E-state index in [0.717, 1.165) is 0 Å².